The molecule has 0 radical (unpaired) electrons. The summed E-state index contributed by atoms with van der Waals surface area (Å²) in [6.07, 6.45) is -3.15. The molecule has 0 aliphatic heterocycles. The molecule has 0 aliphatic carbocycles. The third-order valence-corrected chi connectivity index (χ3v) is 2.84. The lowest BCUT2D eigenvalue weighted by atomic mass is 10.1. The van der Waals surface area contributed by atoms with E-state index in [0.29, 0.717) is 11.3 Å². The van der Waals surface area contributed by atoms with E-state index in [-0.39, 0.29) is 5.56 Å². The van der Waals surface area contributed by atoms with Crippen LogP contribution >= 0.6 is 0 Å². The summed E-state index contributed by atoms with van der Waals surface area (Å²) in [5, 5.41) is 0. The summed E-state index contributed by atoms with van der Waals surface area (Å²) >= 11 is 0. The maximum atomic E-state index is 13.1. The summed E-state index contributed by atoms with van der Waals surface area (Å²) in [4.78, 5) is 0. The molecule has 2 aromatic rings. The first-order chi connectivity index (χ1) is 10.0. The van der Waals surface area contributed by atoms with Crippen molar-refractivity contribution in [3.8, 4) is 5.75 Å². The predicted molar refractivity (Wildman–Crippen MR) is 76.9 cm³/mol. The summed E-state index contributed by atoms with van der Waals surface area (Å²) in [6, 6.07) is 14.5. The van der Waals surface area contributed by atoms with Crippen LogP contribution in [0.25, 0.3) is 11.6 Å². The van der Waals surface area contributed by atoms with Crippen LogP contribution in [0.15, 0.2) is 60.3 Å². The number of hydrogen-bond acceptors (Lipinski definition) is 1. The zero-order valence-corrected chi connectivity index (χ0v) is 11.3. The molecular weight excluding hydrogens is 277 g/mol. The van der Waals surface area contributed by atoms with Gasteiger partial charge in [-0.1, -0.05) is 42.5 Å². The first-order valence-electron chi connectivity index (χ1n) is 6.24. The SMILES string of the molecule is COc1ccc(C(=C=Cc2ccccc2)C(F)(F)F)cc1. The second-order valence-corrected chi connectivity index (χ2v) is 4.30. The van der Waals surface area contributed by atoms with Crippen LogP contribution in [-0.4, -0.2) is 13.3 Å². The zero-order valence-electron chi connectivity index (χ0n) is 11.3. The van der Waals surface area contributed by atoms with Gasteiger partial charge >= 0.3 is 6.18 Å². The van der Waals surface area contributed by atoms with Crippen LogP contribution in [0.4, 0.5) is 13.2 Å². The second kappa shape index (κ2) is 6.33. The molecule has 0 N–H and O–H groups in total. The van der Waals surface area contributed by atoms with Crippen LogP contribution in [0, 0.1) is 0 Å². The second-order valence-electron chi connectivity index (χ2n) is 4.30. The molecule has 108 valence electrons. The number of benzene rings is 2. The maximum absolute atomic E-state index is 13.1. The Morgan fingerprint density at radius 3 is 2.14 bits per heavy atom. The van der Waals surface area contributed by atoms with Crippen molar-refractivity contribution in [2.24, 2.45) is 0 Å². The molecule has 0 amide bonds. The van der Waals surface area contributed by atoms with Crippen molar-refractivity contribution in [2.75, 3.05) is 7.11 Å². The molecule has 0 heterocycles. The van der Waals surface area contributed by atoms with Gasteiger partial charge in [-0.3, -0.25) is 0 Å². The van der Waals surface area contributed by atoms with Crippen molar-refractivity contribution >= 4 is 11.6 Å². The third-order valence-electron chi connectivity index (χ3n) is 2.84. The smallest absolute Gasteiger partial charge is 0.424 e. The van der Waals surface area contributed by atoms with Crippen molar-refractivity contribution in [1.82, 2.24) is 0 Å². The van der Waals surface area contributed by atoms with E-state index in [9.17, 15) is 13.2 Å². The summed E-state index contributed by atoms with van der Waals surface area (Å²) in [5.74, 6) is 0.507. The number of methoxy groups -OCH3 is 1. The molecule has 21 heavy (non-hydrogen) atoms. The fraction of sp³-hybridized carbons (Fsp3) is 0.118. The van der Waals surface area contributed by atoms with Crippen molar-refractivity contribution in [2.45, 2.75) is 6.18 Å². The molecule has 2 aromatic carbocycles. The van der Waals surface area contributed by atoms with Gasteiger partial charge in [0.05, 0.1) is 7.11 Å². The van der Waals surface area contributed by atoms with Gasteiger partial charge in [-0.2, -0.15) is 13.2 Å². The molecule has 2 rings (SSSR count). The van der Waals surface area contributed by atoms with Gasteiger partial charge in [0.2, 0.25) is 0 Å². The summed E-state index contributed by atoms with van der Waals surface area (Å²) < 4.78 is 44.4. The fourth-order valence-electron chi connectivity index (χ4n) is 1.79. The van der Waals surface area contributed by atoms with Crippen LogP contribution in [0.2, 0.25) is 0 Å². The normalized spacial score (nSPS) is 10.7. The summed E-state index contributed by atoms with van der Waals surface area (Å²) in [6.45, 7) is 0. The number of hydrogen-bond donors (Lipinski definition) is 0. The number of ether oxygens (including phenoxy) is 1. The minimum atomic E-state index is -4.47. The van der Waals surface area contributed by atoms with Crippen molar-refractivity contribution in [3.05, 3.63) is 71.5 Å². The first kappa shape index (κ1) is 14.9. The van der Waals surface area contributed by atoms with Crippen molar-refractivity contribution in [1.29, 1.82) is 0 Å². The molecule has 0 saturated heterocycles. The number of alkyl halides is 3. The maximum Gasteiger partial charge on any atom is 0.424 e. The fourth-order valence-corrected chi connectivity index (χ4v) is 1.79. The van der Waals surface area contributed by atoms with E-state index in [1.54, 1.807) is 30.3 Å². The monoisotopic (exact) mass is 290 g/mol. The Balaban J connectivity index is 2.46. The minimum absolute atomic E-state index is 0.0514. The Morgan fingerprint density at radius 1 is 1.00 bits per heavy atom. The molecule has 0 aromatic heterocycles. The Morgan fingerprint density at radius 2 is 1.62 bits per heavy atom. The molecule has 0 spiro atoms. The Hall–Kier alpha value is -2.45. The van der Waals surface area contributed by atoms with Crippen LogP contribution in [0.3, 0.4) is 0 Å². The lowest BCUT2D eigenvalue weighted by molar-refractivity contribution is -0.0687. The highest BCUT2D eigenvalue weighted by Crippen LogP contribution is 2.33. The van der Waals surface area contributed by atoms with Crippen LogP contribution in [-0.2, 0) is 0 Å². The minimum Gasteiger partial charge on any atom is -0.497 e. The highest BCUT2D eigenvalue weighted by Gasteiger charge is 2.34. The number of rotatable bonds is 3. The molecule has 0 fully saturated rings. The third kappa shape index (κ3) is 4.01. The lowest BCUT2D eigenvalue weighted by Gasteiger charge is -2.10. The van der Waals surface area contributed by atoms with E-state index >= 15 is 0 Å². The van der Waals surface area contributed by atoms with Crippen LogP contribution < -0.4 is 4.74 Å². The van der Waals surface area contributed by atoms with Crippen LogP contribution in [0.1, 0.15) is 11.1 Å². The molecule has 0 unspecified atom stereocenters. The zero-order chi connectivity index (χ0) is 15.3. The standard InChI is InChI=1S/C17H13F3O/c1-21-15-10-8-14(9-11-15)16(17(18,19)20)12-7-13-5-3-2-4-6-13/h2-11H,1H3. The molecule has 0 aliphatic rings. The molecular formula is C17H13F3O. The predicted octanol–water partition coefficient (Wildman–Crippen LogP) is 4.95. The van der Waals surface area contributed by atoms with E-state index < -0.39 is 11.7 Å². The van der Waals surface area contributed by atoms with Gasteiger partial charge in [0, 0.05) is 0 Å². The van der Waals surface area contributed by atoms with Gasteiger partial charge in [-0.25, -0.2) is 0 Å². The van der Waals surface area contributed by atoms with E-state index in [1.165, 1.54) is 37.5 Å². The van der Waals surface area contributed by atoms with E-state index in [1.807, 2.05) is 0 Å². The highest BCUT2D eigenvalue weighted by atomic mass is 19.4. The first-order valence-corrected chi connectivity index (χ1v) is 6.24. The lowest BCUT2D eigenvalue weighted by Crippen LogP contribution is -2.09. The van der Waals surface area contributed by atoms with E-state index in [0.717, 1.165) is 0 Å². The number of halogens is 3. The molecule has 0 bridgehead atoms. The average Bonchev–Trinajstić information content (AvgIpc) is 2.48. The topological polar surface area (TPSA) is 9.23 Å². The molecule has 0 atom stereocenters. The molecule has 4 heteroatoms. The van der Waals surface area contributed by atoms with Crippen molar-refractivity contribution < 1.29 is 17.9 Å². The van der Waals surface area contributed by atoms with Gasteiger partial charge in [0.1, 0.15) is 11.3 Å². The Bertz CT molecular complexity index is 649. The molecule has 0 saturated carbocycles. The van der Waals surface area contributed by atoms with Crippen LogP contribution in [0.5, 0.6) is 5.75 Å². The summed E-state index contributed by atoms with van der Waals surface area (Å²) in [7, 11) is 1.46. The van der Waals surface area contributed by atoms with Gasteiger partial charge < -0.3 is 4.74 Å². The number of allylic oxidation sites excluding steroid dienone is 1. The highest BCUT2D eigenvalue weighted by molar-refractivity contribution is 5.72. The quantitative estimate of drug-likeness (QED) is 0.726. The van der Waals surface area contributed by atoms with Gasteiger partial charge in [-0.05, 0) is 29.3 Å². The van der Waals surface area contributed by atoms with Gasteiger partial charge in [0.15, 0.2) is 0 Å². The Kier molecular flexibility index (Phi) is 4.51. The largest absolute Gasteiger partial charge is 0.497 e. The molecule has 1 nitrogen and oxygen atoms in total. The Labute approximate surface area is 121 Å². The van der Waals surface area contributed by atoms with Crippen molar-refractivity contribution in [3.63, 3.8) is 0 Å². The van der Waals surface area contributed by atoms with Gasteiger partial charge in [0.25, 0.3) is 0 Å². The summed E-state index contributed by atoms with van der Waals surface area (Å²) in [5.41, 5.74) is 2.26. The average molecular weight is 290 g/mol. The van der Waals surface area contributed by atoms with Gasteiger partial charge in [-0.15, -0.1) is 5.73 Å². The van der Waals surface area contributed by atoms with E-state index in [4.69, 9.17) is 4.74 Å². The van der Waals surface area contributed by atoms with E-state index in [2.05, 4.69) is 5.73 Å².